The molecule has 1 saturated carbocycles. The summed E-state index contributed by atoms with van der Waals surface area (Å²) in [5.41, 5.74) is 0.991. The Balaban J connectivity index is 1.87. The number of carbonyl (C=O) groups is 1. The van der Waals surface area contributed by atoms with Gasteiger partial charge in [-0.2, -0.15) is 13.2 Å². The summed E-state index contributed by atoms with van der Waals surface area (Å²) in [6, 6.07) is 7.48. The van der Waals surface area contributed by atoms with Crippen molar-refractivity contribution >= 4 is 21.8 Å². The van der Waals surface area contributed by atoms with E-state index in [9.17, 15) is 18.0 Å². The van der Waals surface area contributed by atoms with Gasteiger partial charge in [-0.1, -0.05) is 28.1 Å². The fourth-order valence-corrected chi connectivity index (χ4v) is 2.15. The maximum absolute atomic E-state index is 11.9. The van der Waals surface area contributed by atoms with Crippen LogP contribution in [0.4, 0.5) is 13.2 Å². The third-order valence-corrected chi connectivity index (χ3v) is 3.42. The number of rotatable bonds is 3. The van der Waals surface area contributed by atoms with Crippen LogP contribution in [0.1, 0.15) is 17.9 Å². The van der Waals surface area contributed by atoms with E-state index in [-0.39, 0.29) is 11.8 Å². The minimum atomic E-state index is -4.35. The van der Waals surface area contributed by atoms with Gasteiger partial charge in [-0.15, -0.1) is 0 Å². The smallest absolute Gasteiger partial charge is 0.347 e. The van der Waals surface area contributed by atoms with Gasteiger partial charge in [0.1, 0.15) is 6.54 Å². The maximum atomic E-state index is 11.9. The Hall–Kier alpha value is -1.04. The number of nitrogens with one attached hydrogen (secondary N) is 1. The Bertz CT molecular complexity index is 444. The van der Waals surface area contributed by atoms with Crippen LogP contribution >= 0.6 is 15.9 Å². The topological polar surface area (TPSA) is 29.1 Å². The third kappa shape index (κ3) is 3.48. The number of halogens is 4. The Morgan fingerprint density at radius 1 is 1.33 bits per heavy atom. The second-order valence-corrected chi connectivity index (χ2v) is 5.25. The molecule has 1 aliphatic rings. The van der Waals surface area contributed by atoms with Gasteiger partial charge >= 0.3 is 6.18 Å². The van der Waals surface area contributed by atoms with E-state index in [2.05, 4.69) is 15.9 Å². The van der Waals surface area contributed by atoms with Gasteiger partial charge < -0.3 is 5.32 Å². The van der Waals surface area contributed by atoms with Crippen molar-refractivity contribution in [1.29, 1.82) is 0 Å². The summed E-state index contributed by atoms with van der Waals surface area (Å²) in [5.74, 6) is -0.792. The molecule has 0 bridgehead atoms. The lowest BCUT2D eigenvalue weighted by atomic mass is 10.1. The first-order chi connectivity index (χ1) is 8.37. The molecule has 0 radical (unpaired) electrons. The second kappa shape index (κ2) is 4.91. The van der Waals surface area contributed by atoms with Crippen molar-refractivity contribution in [3.05, 3.63) is 34.3 Å². The molecular weight excluding hydrogens is 311 g/mol. The third-order valence-electron chi connectivity index (χ3n) is 2.89. The summed E-state index contributed by atoms with van der Waals surface area (Å²) in [4.78, 5) is 11.5. The largest absolute Gasteiger partial charge is 0.405 e. The average Bonchev–Trinajstić information content (AvgIpc) is 3.06. The minimum Gasteiger partial charge on any atom is -0.347 e. The zero-order valence-electron chi connectivity index (χ0n) is 9.30. The second-order valence-electron chi connectivity index (χ2n) is 4.33. The van der Waals surface area contributed by atoms with Crippen molar-refractivity contribution in [3.8, 4) is 0 Å². The minimum absolute atomic E-state index is 0.0475. The Labute approximate surface area is 111 Å². The van der Waals surface area contributed by atoms with E-state index < -0.39 is 18.6 Å². The van der Waals surface area contributed by atoms with Crippen LogP contribution in [-0.2, 0) is 4.79 Å². The number of carbonyl (C=O) groups excluding carboxylic acids is 1. The molecule has 0 heterocycles. The highest BCUT2D eigenvalue weighted by Gasteiger charge is 2.44. The SMILES string of the molecule is O=C(NCC(F)(F)F)[C@H]1C[C@H]1c1ccc(Br)cc1. The predicted molar refractivity (Wildman–Crippen MR) is 64.1 cm³/mol. The Kier molecular flexibility index (Phi) is 3.66. The van der Waals surface area contributed by atoms with Gasteiger partial charge in [-0.3, -0.25) is 4.79 Å². The number of amides is 1. The molecule has 98 valence electrons. The zero-order valence-corrected chi connectivity index (χ0v) is 10.9. The molecule has 1 aromatic rings. The summed E-state index contributed by atoms with van der Waals surface area (Å²) < 4.78 is 36.8. The summed E-state index contributed by atoms with van der Waals surface area (Å²) in [5, 5.41) is 1.92. The number of hydrogen-bond donors (Lipinski definition) is 1. The molecule has 6 heteroatoms. The van der Waals surface area contributed by atoms with Gasteiger partial charge in [-0.05, 0) is 30.0 Å². The lowest BCUT2D eigenvalue weighted by Gasteiger charge is -2.08. The Morgan fingerprint density at radius 3 is 2.50 bits per heavy atom. The van der Waals surface area contributed by atoms with Crippen LogP contribution in [0.2, 0.25) is 0 Å². The average molecular weight is 322 g/mol. The molecule has 0 aliphatic heterocycles. The van der Waals surface area contributed by atoms with Gasteiger partial charge in [0.2, 0.25) is 5.91 Å². The zero-order chi connectivity index (χ0) is 13.3. The molecule has 0 aromatic heterocycles. The molecule has 0 unspecified atom stereocenters. The summed E-state index contributed by atoms with van der Waals surface area (Å²) >= 11 is 3.30. The molecule has 1 aromatic carbocycles. The highest BCUT2D eigenvalue weighted by atomic mass is 79.9. The van der Waals surface area contributed by atoms with E-state index in [4.69, 9.17) is 0 Å². The fraction of sp³-hybridized carbons (Fsp3) is 0.417. The first kappa shape index (κ1) is 13.4. The summed E-state index contributed by atoms with van der Waals surface area (Å²) in [6.07, 6.45) is -3.73. The van der Waals surface area contributed by atoms with Crippen molar-refractivity contribution in [3.63, 3.8) is 0 Å². The monoisotopic (exact) mass is 321 g/mol. The van der Waals surface area contributed by atoms with Gasteiger partial charge in [0.15, 0.2) is 0 Å². The fourth-order valence-electron chi connectivity index (χ4n) is 1.88. The standard InChI is InChI=1S/C12H11BrF3NO/c13-8-3-1-7(2-4-8)9-5-10(9)11(18)17-6-12(14,15)16/h1-4,9-10H,5-6H2,(H,17,18)/t9-,10-/m0/s1. The van der Waals surface area contributed by atoms with Crippen LogP contribution in [-0.4, -0.2) is 18.6 Å². The van der Waals surface area contributed by atoms with Crippen LogP contribution in [0.25, 0.3) is 0 Å². The van der Waals surface area contributed by atoms with Gasteiger partial charge in [0.05, 0.1) is 0 Å². The van der Waals surface area contributed by atoms with E-state index in [1.165, 1.54) is 0 Å². The van der Waals surface area contributed by atoms with Crippen LogP contribution in [0, 0.1) is 5.92 Å². The van der Waals surface area contributed by atoms with Crippen molar-refractivity contribution in [2.24, 2.45) is 5.92 Å². The first-order valence-corrected chi connectivity index (χ1v) is 6.26. The normalized spacial score (nSPS) is 22.7. The van der Waals surface area contributed by atoms with E-state index in [0.717, 1.165) is 10.0 Å². The van der Waals surface area contributed by atoms with E-state index in [0.29, 0.717) is 6.42 Å². The van der Waals surface area contributed by atoms with Gasteiger partial charge in [-0.25, -0.2) is 0 Å². The number of alkyl halides is 3. The molecule has 1 fully saturated rings. The Morgan fingerprint density at radius 2 is 1.94 bits per heavy atom. The quantitative estimate of drug-likeness (QED) is 0.909. The molecule has 2 atom stereocenters. The number of hydrogen-bond acceptors (Lipinski definition) is 1. The first-order valence-electron chi connectivity index (χ1n) is 5.47. The molecular formula is C12H11BrF3NO. The highest BCUT2D eigenvalue weighted by molar-refractivity contribution is 9.10. The molecule has 0 spiro atoms. The molecule has 1 amide bonds. The van der Waals surface area contributed by atoms with E-state index in [1.54, 1.807) is 0 Å². The molecule has 1 N–H and O–H groups in total. The summed E-state index contributed by atoms with van der Waals surface area (Å²) in [6.45, 7) is -1.25. The molecule has 1 aliphatic carbocycles. The molecule has 18 heavy (non-hydrogen) atoms. The van der Waals surface area contributed by atoms with Crippen molar-refractivity contribution in [2.75, 3.05) is 6.54 Å². The van der Waals surface area contributed by atoms with Crippen molar-refractivity contribution in [2.45, 2.75) is 18.5 Å². The van der Waals surface area contributed by atoms with Crippen LogP contribution in [0.3, 0.4) is 0 Å². The lowest BCUT2D eigenvalue weighted by molar-refractivity contribution is -0.139. The lowest BCUT2D eigenvalue weighted by Crippen LogP contribution is -2.34. The maximum Gasteiger partial charge on any atom is 0.405 e. The molecule has 2 rings (SSSR count). The molecule has 0 saturated heterocycles. The number of benzene rings is 1. The van der Waals surface area contributed by atoms with Crippen LogP contribution < -0.4 is 5.32 Å². The van der Waals surface area contributed by atoms with Gasteiger partial charge in [0.25, 0.3) is 0 Å². The molecule has 2 nitrogen and oxygen atoms in total. The predicted octanol–water partition coefficient (Wildman–Crippen LogP) is 3.23. The van der Waals surface area contributed by atoms with Crippen LogP contribution in [0.5, 0.6) is 0 Å². The van der Waals surface area contributed by atoms with E-state index in [1.807, 2.05) is 29.6 Å². The highest BCUT2D eigenvalue weighted by Crippen LogP contribution is 2.47. The summed E-state index contributed by atoms with van der Waals surface area (Å²) in [7, 11) is 0. The van der Waals surface area contributed by atoms with Gasteiger partial charge in [0, 0.05) is 10.4 Å². The van der Waals surface area contributed by atoms with Crippen LogP contribution in [0.15, 0.2) is 28.7 Å². The van der Waals surface area contributed by atoms with Crippen molar-refractivity contribution < 1.29 is 18.0 Å². The van der Waals surface area contributed by atoms with E-state index >= 15 is 0 Å². The van der Waals surface area contributed by atoms with Crippen molar-refractivity contribution in [1.82, 2.24) is 5.32 Å².